The molecule has 1 aromatic rings. The maximum atomic E-state index is 13.1. The molecule has 0 bridgehead atoms. The molecule has 4 atom stereocenters. The van der Waals surface area contributed by atoms with Gasteiger partial charge in [0.2, 0.25) is 0 Å². The van der Waals surface area contributed by atoms with Gasteiger partial charge in [-0.15, -0.1) is 0 Å². The third-order valence-corrected chi connectivity index (χ3v) is 5.68. The van der Waals surface area contributed by atoms with E-state index in [4.69, 9.17) is 9.47 Å². The van der Waals surface area contributed by atoms with Crippen LogP contribution in [0, 0.1) is 23.7 Å². The molecule has 0 amide bonds. The second-order valence-corrected chi connectivity index (χ2v) is 10.00. The Balaban J connectivity index is 2.51. The minimum atomic E-state index is -1.64. The Morgan fingerprint density at radius 2 is 1.57 bits per heavy atom. The molecule has 0 saturated heterocycles. The Kier molecular flexibility index (Phi) is 8.22. The molecule has 6 nitrogen and oxygen atoms in total. The highest BCUT2D eigenvalue weighted by atomic mass is 79.9. The number of ether oxygens (including phenoxy) is 2. The van der Waals surface area contributed by atoms with Gasteiger partial charge in [-0.05, 0) is 36.5 Å². The van der Waals surface area contributed by atoms with Crippen LogP contribution in [0.15, 0.2) is 28.7 Å². The van der Waals surface area contributed by atoms with Gasteiger partial charge in [-0.3, -0.25) is 14.4 Å². The molecule has 0 radical (unpaired) electrons. The number of esters is 2. The summed E-state index contributed by atoms with van der Waals surface area (Å²) in [6.45, 7) is 9.44. The van der Waals surface area contributed by atoms with Crippen LogP contribution in [0.3, 0.4) is 0 Å². The molecule has 0 heterocycles. The highest BCUT2D eigenvalue weighted by Gasteiger charge is 2.57. The molecule has 0 aromatic heterocycles. The van der Waals surface area contributed by atoms with E-state index in [1.165, 1.54) is 6.92 Å². The predicted molar refractivity (Wildman–Crippen MR) is 116 cm³/mol. The summed E-state index contributed by atoms with van der Waals surface area (Å²) < 4.78 is 11.6. The lowest BCUT2D eigenvalue weighted by Gasteiger charge is -2.43. The summed E-state index contributed by atoms with van der Waals surface area (Å²) in [7, 11) is 0. The van der Waals surface area contributed by atoms with Gasteiger partial charge in [0.15, 0.2) is 5.78 Å². The van der Waals surface area contributed by atoms with Gasteiger partial charge in [0.25, 0.3) is 0 Å². The first-order valence-corrected chi connectivity index (χ1v) is 11.1. The molecule has 2 rings (SSSR count). The fraction of sp³-hybridized carbons (Fsp3) is 0.609. The Morgan fingerprint density at radius 1 is 1.07 bits per heavy atom. The fourth-order valence-electron chi connectivity index (χ4n) is 3.78. The highest BCUT2D eigenvalue weighted by Crippen LogP contribution is 2.47. The summed E-state index contributed by atoms with van der Waals surface area (Å²) in [5.41, 5.74) is -1.04. The van der Waals surface area contributed by atoms with Gasteiger partial charge in [-0.25, -0.2) is 0 Å². The van der Waals surface area contributed by atoms with Gasteiger partial charge in [-0.1, -0.05) is 55.8 Å². The van der Waals surface area contributed by atoms with Crippen LogP contribution in [-0.2, 0) is 23.9 Å². The van der Waals surface area contributed by atoms with Crippen molar-refractivity contribution in [1.29, 1.82) is 0 Å². The molecule has 0 spiro atoms. The van der Waals surface area contributed by atoms with Crippen LogP contribution in [0.1, 0.15) is 52.5 Å². The summed E-state index contributed by atoms with van der Waals surface area (Å²) in [4.78, 5) is 38.9. The van der Waals surface area contributed by atoms with Crippen molar-refractivity contribution in [2.45, 2.75) is 52.6 Å². The van der Waals surface area contributed by atoms with Crippen molar-refractivity contribution in [3.05, 3.63) is 34.3 Å². The smallest absolute Gasteiger partial charge is 0.317 e. The van der Waals surface area contributed by atoms with E-state index in [2.05, 4.69) is 15.9 Å². The summed E-state index contributed by atoms with van der Waals surface area (Å²) in [5.74, 6) is -4.64. The number of rotatable bonds is 7. The van der Waals surface area contributed by atoms with E-state index in [1.807, 2.05) is 27.7 Å². The van der Waals surface area contributed by atoms with E-state index in [1.54, 1.807) is 24.3 Å². The first-order chi connectivity index (χ1) is 13.9. The molecule has 7 heteroatoms. The maximum Gasteiger partial charge on any atom is 0.317 e. The predicted octanol–water partition coefficient (Wildman–Crippen LogP) is 3.89. The van der Waals surface area contributed by atoms with Crippen LogP contribution in [0.2, 0.25) is 0 Å². The number of ketones is 1. The fourth-order valence-corrected chi connectivity index (χ4v) is 4.04. The SMILES string of the molecule is CC(C)COC(=O)[C@@H]1C(=O)C[C@](C)(O)[C@@H](C(=O)OCC(C)C)[C@H]1c1ccc(Br)cc1. The summed E-state index contributed by atoms with van der Waals surface area (Å²) in [6, 6.07) is 7.04. The van der Waals surface area contributed by atoms with E-state index in [0.29, 0.717) is 5.56 Å². The first kappa shape index (κ1) is 24.5. The molecule has 1 saturated carbocycles. The lowest BCUT2D eigenvalue weighted by atomic mass is 9.62. The molecule has 0 unspecified atom stereocenters. The molecular formula is C23H31BrO6. The number of hydrogen-bond donors (Lipinski definition) is 1. The maximum absolute atomic E-state index is 13.1. The zero-order valence-corrected chi connectivity index (χ0v) is 19.8. The van der Waals surface area contributed by atoms with E-state index in [9.17, 15) is 19.5 Å². The molecule has 1 aromatic carbocycles. The first-order valence-electron chi connectivity index (χ1n) is 10.3. The van der Waals surface area contributed by atoms with Crippen molar-refractivity contribution in [3.8, 4) is 0 Å². The van der Waals surface area contributed by atoms with Crippen molar-refractivity contribution in [2.75, 3.05) is 13.2 Å². The number of carbonyl (C=O) groups is 3. The number of benzene rings is 1. The van der Waals surface area contributed by atoms with Crippen molar-refractivity contribution < 1.29 is 29.0 Å². The molecule has 166 valence electrons. The monoisotopic (exact) mass is 482 g/mol. The van der Waals surface area contributed by atoms with E-state index < -0.39 is 41.1 Å². The van der Waals surface area contributed by atoms with Gasteiger partial charge in [0.1, 0.15) is 5.92 Å². The molecule has 0 aliphatic heterocycles. The third kappa shape index (κ3) is 5.91. The average molecular weight is 483 g/mol. The summed E-state index contributed by atoms with van der Waals surface area (Å²) in [5, 5.41) is 11.1. The Hall–Kier alpha value is -1.73. The van der Waals surface area contributed by atoms with E-state index in [0.717, 1.165) is 4.47 Å². The normalized spacial score (nSPS) is 26.7. The van der Waals surface area contributed by atoms with Gasteiger partial charge in [0.05, 0.1) is 24.7 Å². The summed E-state index contributed by atoms with van der Waals surface area (Å²) >= 11 is 3.37. The van der Waals surface area contributed by atoms with Crippen molar-refractivity contribution >= 4 is 33.7 Å². The molecule has 1 N–H and O–H groups in total. The molecular weight excluding hydrogens is 452 g/mol. The number of hydrogen-bond acceptors (Lipinski definition) is 6. The minimum Gasteiger partial charge on any atom is -0.465 e. The van der Waals surface area contributed by atoms with Gasteiger partial charge < -0.3 is 14.6 Å². The van der Waals surface area contributed by atoms with Crippen molar-refractivity contribution in [1.82, 2.24) is 0 Å². The van der Waals surface area contributed by atoms with Gasteiger partial charge >= 0.3 is 11.9 Å². The summed E-state index contributed by atoms with van der Waals surface area (Å²) in [6.07, 6.45) is -0.317. The second kappa shape index (κ2) is 10.1. The zero-order chi connectivity index (χ0) is 22.6. The number of Topliss-reactive ketones (excluding diaryl/α,β-unsaturated/α-hetero) is 1. The number of carbonyl (C=O) groups excluding carboxylic acids is 3. The van der Waals surface area contributed by atoms with Crippen LogP contribution in [0.4, 0.5) is 0 Å². The second-order valence-electron chi connectivity index (χ2n) is 9.08. The lowest BCUT2D eigenvalue weighted by Crippen LogP contribution is -2.55. The molecule has 30 heavy (non-hydrogen) atoms. The zero-order valence-electron chi connectivity index (χ0n) is 18.2. The standard InChI is InChI=1S/C23H31BrO6/c1-13(2)11-29-21(26)19-17(25)10-23(5,28)20(22(27)30-12-14(3)4)18(19)15-6-8-16(24)9-7-15/h6-9,13-14,18-20,28H,10-12H2,1-5H3/t18-,19+,20+,23-/m0/s1. The molecule has 1 aliphatic carbocycles. The van der Waals surface area contributed by atoms with Crippen LogP contribution in [0.25, 0.3) is 0 Å². The Morgan fingerprint density at radius 3 is 2.07 bits per heavy atom. The average Bonchev–Trinajstić information content (AvgIpc) is 2.63. The van der Waals surface area contributed by atoms with Crippen LogP contribution in [0.5, 0.6) is 0 Å². The molecule has 1 aliphatic rings. The van der Waals surface area contributed by atoms with Crippen molar-refractivity contribution in [3.63, 3.8) is 0 Å². The Bertz CT molecular complexity index is 768. The number of halogens is 1. The molecule has 1 fully saturated rings. The van der Waals surface area contributed by atoms with Crippen LogP contribution < -0.4 is 0 Å². The highest BCUT2D eigenvalue weighted by molar-refractivity contribution is 9.10. The van der Waals surface area contributed by atoms with Crippen molar-refractivity contribution in [2.24, 2.45) is 23.7 Å². The Labute approximate surface area is 186 Å². The largest absolute Gasteiger partial charge is 0.465 e. The van der Waals surface area contributed by atoms with Gasteiger partial charge in [0, 0.05) is 16.8 Å². The van der Waals surface area contributed by atoms with Crippen LogP contribution >= 0.6 is 15.9 Å². The van der Waals surface area contributed by atoms with Gasteiger partial charge in [-0.2, -0.15) is 0 Å². The van der Waals surface area contributed by atoms with Crippen LogP contribution in [-0.4, -0.2) is 41.6 Å². The van der Waals surface area contributed by atoms with E-state index >= 15 is 0 Å². The number of aliphatic hydroxyl groups is 1. The third-order valence-electron chi connectivity index (χ3n) is 5.15. The topological polar surface area (TPSA) is 89.9 Å². The van der Waals surface area contributed by atoms with E-state index in [-0.39, 0.29) is 31.5 Å². The lowest BCUT2D eigenvalue weighted by molar-refractivity contribution is -0.173. The quantitative estimate of drug-likeness (QED) is 0.468. The minimum absolute atomic E-state index is 0.105.